The summed E-state index contributed by atoms with van der Waals surface area (Å²) in [5, 5.41) is 15.6. The van der Waals surface area contributed by atoms with Gasteiger partial charge in [-0.05, 0) is 26.8 Å². The summed E-state index contributed by atoms with van der Waals surface area (Å²) in [7, 11) is 2.12. The minimum absolute atomic E-state index is 0.0942. The van der Waals surface area contributed by atoms with Gasteiger partial charge in [0.25, 0.3) is 0 Å². The molecule has 1 unspecified atom stereocenters. The number of ketones is 1. The average molecular weight is 299 g/mol. The fraction of sp³-hybridized carbons (Fsp3) is 0.643. The van der Waals surface area contributed by atoms with Crippen LogP contribution in [0, 0.1) is 0 Å². The van der Waals surface area contributed by atoms with E-state index < -0.39 is 11.9 Å². The normalized spacial score (nSPS) is 24.9. The molecule has 1 spiro atoms. The zero-order valence-corrected chi connectivity index (χ0v) is 12.2. The van der Waals surface area contributed by atoms with Crippen LogP contribution in [0.25, 0.3) is 0 Å². The van der Waals surface area contributed by atoms with E-state index in [1.54, 1.807) is 0 Å². The number of rotatable bonds is 2. The smallest absolute Gasteiger partial charge is 0.328 e. The number of likely N-dealkylation sites (tertiary alicyclic amines) is 1. The zero-order chi connectivity index (χ0) is 16.0. The van der Waals surface area contributed by atoms with E-state index in [0.29, 0.717) is 18.6 Å². The molecule has 7 heteroatoms. The average Bonchev–Trinajstić information content (AvgIpc) is 2.67. The molecular formula is C14H21NO6. The van der Waals surface area contributed by atoms with Gasteiger partial charge < -0.3 is 19.8 Å². The van der Waals surface area contributed by atoms with Crippen molar-refractivity contribution in [2.24, 2.45) is 0 Å². The number of carboxylic acid groups (broad SMARTS) is 2. The van der Waals surface area contributed by atoms with Gasteiger partial charge in [-0.15, -0.1) is 0 Å². The fourth-order valence-electron chi connectivity index (χ4n) is 2.41. The molecule has 2 saturated heterocycles. The second-order valence-electron chi connectivity index (χ2n) is 5.40. The maximum Gasteiger partial charge on any atom is 0.328 e. The molecule has 21 heavy (non-hydrogen) atoms. The van der Waals surface area contributed by atoms with Gasteiger partial charge in [-0.25, -0.2) is 9.59 Å². The largest absolute Gasteiger partial charge is 0.478 e. The molecular weight excluding hydrogens is 278 g/mol. The quantitative estimate of drug-likeness (QED) is 0.717. The molecule has 0 radical (unpaired) electrons. The van der Waals surface area contributed by atoms with Gasteiger partial charge in [0, 0.05) is 31.7 Å². The Balaban J connectivity index is 0.000000240. The predicted molar refractivity (Wildman–Crippen MR) is 74.0 cm³/mol. The van der Waals surface area contributed by atoms with E-state index in [1.807, 2.05) is 6.92 Å². The van der Waals surface area contributed by atoms with Gasteiger partial charge in [-0.2, -0.15) is 0 Å². The molecule has 7 nitrogen and oxygen atoms in total. The molecule has 0 amide bonds. The minimum Gasteiger partial charge on any atom is -0.478 e. The van der Waals surface area contributed by atoms with Gasteiger partial charge in [0.15, 0.2) is 5.78 Å². The highest BCUT2D eigenvalue weighted by molar-refractivity contribution is 5.89. The van der Waals surface area contributed by atoms with E-state index in [9.17, 15) is 14.4 Å². The molecule has 0 bridgehead atoms. The Morgan fingerprint density at radius 1 is 1.24 bits per heavy atom. The molecule has 2 aliphatic heterocycles. The second kappa shape index (κ2) is 7.33. The summed E-state index contributed by atoms with van der Waals surface area (Å²) in [6, 6.07) is 0. The first-order valence-electron chi connectivity index (χ1n) is 6.77. The lowest BCUT2D eigenvalue weighted by Gasteiger charge is -2.36. The Hall–Kier alpha value is -1.73. The minimum atomic E-state index is -1.26. The Kier molecular flexibility index (Phi) is 6.04. The molecule has 2 fully saturated rings. The molecule has 0 aromatic heterocycles. The number of carbonyl (C=O) groups excluding carboxylic acids is 1. The molecule has 0 aromatic carbocycles. The lowest BCUT2D eigenvalue weighted by molar-refractivity contribution is -0.134. The van der Waals surface area contributed by atoms with Crippen molar-refractivity contribution in [3.63, 3.8) is 0 Å². The third-order valence-electron chi connectivity index (χ3n) is 3.64. The topological polar surface area (TPSA) is 104 Å². The Morgan fingerprint density at radius 2 is 1.71 bits per heavy atom. The van der Waals surface area contributed by atoms with Crippen molar-refractivity contribution in [3.05, 3.63) is 12.2 Å². The number of carboxylic acids is 2. The summed E-state index contributed by atoms with van der Waals surface area (Å²) in [5.41, 5.74) is -0.0942. The van der Waals surface area contributed by atoms with Gasteiger partial charge in [-0.3, -0.25) is 4.79 Å². The molecule has 118 valence electrons. The fourth-order valence-corrected chi connectivity index (χ4v) is 2.41. The van der Waals surface area contributed by atoms with E-state index in [-0.39, 0.29) is 17.5 Å². The Morgan fingerprint density at radius 3 is 2.05 bits per heavy atom. The third kappa shape index (κ3) is 5.65. The van der Waals surface area contributed by atoms with Crippen LogP contribution in [-0.2, 0) is 19.1 Å². The van der Waals surface area contributed by atoms with Crippen LogP contribution in [0.2, 0.25) is 0 Å². The van der Waals surface area contributed by atoms with Crippen molar-refractivity contribution in [1.29, 1.82) is 0 Å². The molecule has 0 aliphatic carbocycles. The summed E-state index contributed by atoms with van der Waals surface area (Å²) >= 11 is 0. The van der Waals surface area contributed by atoms with Crippen LogP contribution in [0.1, 0.15) is 26.2 Å². The van der Waals surface area contributed by atoms with Gasteiger partial charge in [0.05, 0.1) is 5.60 Å². The highest BCUT2D eigenvalue weighted by Crippen LogP contribution is 2.36. The van der Waals surface area contributed by atoms with E-state index >= 15 is 0 Å². The van der Waals surface area contributed by atoms with Crippen molar-refractivity contribution in [2.45, 2.75) is 37.9 Å². The number of aliphatic carboxylic acids is 2. The summed E-state index contributed by atoms with van der Waals surface area (Å²) in [5.74, 6) is -2.23. The van der Waals surface area contributed by atoms with E-state index in [0.717, 1.165) is 25.9 Å². The van der Waals surface area contributed by atoms with E-state index in [2.05, 4.69) is 11.9 Å². The van der Waals surface area contributed by atoms with Crippen molar-refractivity contribution in [3.8, 4) is 0 Å². The molecule has 2 N–H and O–H groups in total. The highest BCUT2D eigenvalue weighted by atomic mass is 16.5. The summed E-state index contributed by atoms with van der Waals surface area (Å²) in [6.45, 7) is 3.98. The van der Waals surface area contributed by atoms with Crippen LogP contribution in [0.4, 0.5) is 0 Å². The second-order valence-corrected chi connectivity index (χ2v) is 5.40. The van der Waals surface area contributed by atoms with Gasteiger partial charge in [0.2, 0.25) is 0 Å². The standard InChI is InChI=1S/C10H17NO2.C4H4O4/c1-8-9(12)7-10(13-8)3-5-11(2)6-4-10;5-3(6)1-2-4(7)8/h8H,3-7H2,1-2H3;1-2H,(H,5,6)(H,7,8). The molecule has 2 heterocycles. The number of nitrogens with zero attached hydrogens (tertiary/aromatic N) is 1. The van der Waals surface area contributed by atoms with Crippen LogP contribution < -0.4 is 0 Å². The Labute approximate surface area is 123 Å². The molecule has 0 saturated carbocycles. The Bertz CT molecular complexity index is 421. The number of ether oxygens (including phenoxy) is 1. The number of hydrogen-bond donors (Lipinski definition) is 2. The van der Waals surface area contributed by atoms with Crippen LogP contribution in [0.15, 0.2) is 12.2 Å². The lowest BCUT2D eigenvalue weighted by Crippen LogP contribution is -2.42. The van der Waals surface area contributed by atoms with Gasteiger partial charge in [-0.1, -0.05) is 0 Å². The first-order valence-corrected chi connectivity index (χ1v) is 6.77. The van der Waals surface area contributed by atoms with Crippen molar-refractivity contribution in [1.82, 2.24) is 4.90 Å². The SMILES string of the molecule is CC1OC2(CCN(C)CC2)CC1=O.O=C(O)C=CC(=O)O. The first kappa shape index (κ1) is 17.3. The molecule has 2 aliphatic rings. The number of Topliss-reactive ketones (excluding diaryl/α,β-unsaturated/α-hetero) is 1. The van der Waals surface area contributed by atoms with Crippen molar-refractivity contribution in [2.75, 3.05) is 20.1 Å². The van der Waals surface area contributed by atoms with E-state index in [1.165, 1.54) is 0 Å². The highest BCUT2D eigenvalue weighted by Gasteiger charge is 2.44. The molecule has 1 atom stereocenters. The van der Waals surface area contributed by atoms with Gasteiger partial charge in [0.1, 0.15) is 6.10 Å². The molecule has 2 rings (SSSR count). The maximum atomic E-state index is 11.4. The van der Waals surface area contributed by atoms with Crippen LogP contribution in [0.3, 0.4) is 0 Å². The first-order chi connectivity index (χ1) is 9.74. The predicted octanol–water partition coefficient (Wildman–Crippen LogP) is 0.541. The van der Waals surface area contributed by atoms with Crippen molar-refractivity contribution < 1.29 is 29.3 Å². The number of hydrogen-bond acceptors (Lipinski definition) is 5. The van der Waals surface area contributed by atoms with Gasteiger partial charge >= 0.3 is 11.9 Å². The van der Waals surface area contributed by atoms with E-state index in [4.69, 9.17) is 14.9 Å². The maximum absolute atomic E-state index is 11.4. The van der Waals surface area contributed by atoms with Crippen LogP contribution in [-0.4, -0.2) is 64.7 Å². The summed E-state index contributed by atoms with van der Waals surface area (Å²) in [6.07, 6.45) is 3.62. The van der Waals surface area contributed by atoms with Crippen LogP contribution >= 0.6 is 0 Å². The number of carbonyl (C=O) groups is 3. The van der Waals surface area contributed by atoms with Crippen molar-refractivity contribution >= 4 is 17.7 Å². The summed E-state index contributed by atoms with van der Waals surface area (Å²) in [4.78, 5) is 32.8. The monoisotopic (exact) mass is 299 g/mol. The van der Waals surface area contributed by atoms with Crippen LogP contribution in [0.5, 0.6) is 0 Å². The summed E-state index contributed by atoms with van der Waals surface area (Å²) < 4.78 is 5.77. The molecule has 0 aromatic rings. The number of piperidine rings is 1. The lowest BCUT2D eigenvalue weighted by atomic mass is 9.88. The zero-order valence-electron chi connectivity index (χ0n) is 12.2. The third-order valence-corrected chi connectivity index (χ3v) is 3.64.